The van der Waals surface area contributed by atoms with Gasteiger partial charge in [-0.2, -0.15) is 0 Å². The first-order valence-electron chi connectivity index (χ1n) is 8.32. The second kappa shape index (κ2) is 6.79. The Morgan fingerprint density at radius 1 is 1.15 bits per heavy atom. The predicted octanol–water partition coefficient (Wildman–Crippen LogP) is 2.78. The van der Waals surface area contributed by atoms with Gasteiger partial charge in [-0.15, -0.1) is 0 Å². The molecule has 3 aromatic rings. The lowest BCUT2D eigenvalue weighted by Gasteiger charge is -2.19. The molecule has 1 heterocycles. The van der Waals surface area contributed by atoms with Crippen LogP contribution in [0.4, 0.5) is 0 Å². The van der Waals surface area contributed by atoms with Crippen LogP contribution in [-0.4, -0.2) is 30.0 Å². The van der Waals surface area contributed by atoms with E-state index in [1.807, 2.05) is 0 Å². The lowest BCUT2D eigenvalue weighted by Crippen LogP contribution is -2.28. The van der Waals surface area contributed by atoms with Crippen molar-refractivity contribution in [1.29, 1.82) is 0 Å². The fraction of sp³-hybridized carbons (Fsp3) is 0.316. The summed E-state index contributed by atoms with van der Waals surface area (Å²) in [6, 6.07) is 9.33. The SMILES string of the molecule is COc1cccc2c1n([O-])c1cccc(OCC(=O)OC(C)(C)C)c1[n+]2=O. The lowest BCUT2D eigenvalue weighted by atomic mass is 10.2. The van der Waals surface area contributed by atoms with E-state index >= 15 is 0 Å². The van der Waals surface area contributed by atoms with E-state index in [-0.39, 0.29) is 40.2 Å². The van der Waals surface area contributed by atoms with E-state index in [1.54, 1.807) is 39.0 Å². The first-order valence-corrected chi connectivity index (χ1v) is 8.32. The number of benzene rings is 2. The smallest absolute Gasteiger partial charge is 0.344 e. The molecular formula is C19H20N2O6. The molecule has 0 radical (unpaired) electrons. The van der Waals surface area contributed by atoms with E-state index in [0.717, 1.165) is 0 Å². The minimum absolute atomic E-state index is 0.0248. The second-order valence-corrected chi connectivity index (χ2v) is 6.92. The van der Waals surface area contributed by atoms with Crippen molar-refractivity contribution in [2.45, 2.75) is 26.4 Å². The Morgan fingerprint density at radius 3 is 2.48 bits per heavy atom. The van der Waals surface area contributed by atoms with Crippen molar-refractivity contribution in [2.24, 2.45) is 0 Å². The maximum atomic E-state index is 12.9. The van der Waals surface area contributed by atoms with Crippen LogP contribution in [0, 0.1) is 10.1 Å². The van der Waals surface area contributed by atoms with Gasteiger partial charge in [0.2, 0.25) is 0 Å². The lowest BCUT2D eigenvalue weighted by molar-refractivity contribution is -0.433. The van der Waals surface area contributed by atoms with Gasteiger partial charge < -0.3 is 24.1 Å². The number of carbonyl (C=O) groups is 1. The van der Waals surface area contributed by atoms with Crippen LogP contribution in [0.15, 0.2) is 36.4 Å². The average Bonchev–Trinajstić information content (AvgIpc) is 2.62. The fourth-order valence-corrected chi connectivity index (χ4v) is 2.79. The van der Waals surface area contributed by atoms with Crippen molar-refractivity contribution in [3.63, 3.8) is 0 Å². The second-order valence-electron chi connectivity index (χ2n) is 6.92. The van der Waals surface area contributed by atoms with E-state index in [9.17, 15) is 14.9 Å². The van der Waals surface area contributed by atoms with Gasteiger partial charge in [-0.25, -0.2) is 4.79 Å². The van der Waals surface area contributed by atoms with Gasteiger partial charge in [-0.3, -0.25) is 0 Å². The van der Waals surface area contributed by atoms with Crippen molar-refractivity contribution < 1.29 is 23.4 Å². The largest absolute Gasteiger partial charge is 0.805 e. The average molecular weight is 372 g/mol. The van der Waals surface area contributed by atoms with E-state index in [1.165, 1.54) is 25.3 Å². The van der Waals surface area contributed by atoms with Gasteiger partial charge >= 0.3 is 11.5 Å². The normalized spacial score (nSPS) is 11.6. The summed E-state index contributed by atoms with van der Waals surface area (Å²) in [6.07, 6.45) is 0. The molecule has 0 saturated heterocycles. The van der Waals surface area contributed by atoms with Crippen LogP contribution in [0.2, 0.25) is 0 Å². The Bertz CT molecular complexity index is 1080. The topological polar surface area (TPSA) is 95.7 Å². The molecule has 0 N–H and O–H groups in total. The predicted molar refractivity (Wildman–Crippen MR) is 99.5 cm³/mol. The summed E-state index contributed by atoms with van der Waals surface area (Å²) in [4.78, 5) is 24.8. The molecule has 0 aliphatic carbocycles. The maximum absolute atomic E-state index is 12.9. The van der Waals surface area contributed by atoms with Crippen LogP contribution >= 0.6 is 0 Å². The minimum Gasteiger partial charge on any atom is -0.805 e. The monoisotopic (exact) mass is 372 g/mol. The van der Waals surface area contributed by atoms with Gasteiger partial charge in [0.05, 0.1) is 11.5 Å². The number of hydrogen-bond acceptors (Lipinski definition) is 6. The Kier molecular flexibility index (Phi) is 4.65. The number of hydrogen-bond donors (Lipinski definition) is 0. The van der Waals surface area contributed by atoms with E-state index in [2.05, 4.69) is 0 Å². The number of methoxy groups -OCH3 is 1. The van der Waals surface area contributed by atoms with Gasteiger partial charge in [-0.1, -0.05) is 12.1 Å². The molecule has 142 valence electrons. The third-order valence-corrected chi connectivity index (χ3v) is 3.78. The van der Waals surface area contributed by atoms with Gasteiger partial charge in [0, 0.05) is 11.0 Å². The van der Waals surface area contributed by atoms with Crippen LogP contribution < -0.4 is 13.9 Å². The van der Waals surface area contributed by atoms with Crippen LogP contribution in [0.25, 0.3) is 22.1 Å². The molecule has 8 nitrogen and oxygen atoms in total. The molecule has 0 amide bonds. The van der Waals surface area contributed by atoms with E-state index in [0.29, 0.717) is 9.16 Å². The summed E-state index contributed by atoms with van der Waals surface area (Å²) in [5.74, 6) is -0.175. The Hall–Kier alpha value is -3.29. The molecule has 2 aromatic carbocycles. The molecule has 0 spiro atoms. The molecule has 0 bridgehead atoms. The van der Waals surface area contributed by atoms with Gasteiger partial charge in [0.1, 0.15) is 16.9 Å². The molecule has 0 aliphatic heterocycles. The fourth-order valence-electron chi connectivity index (χ4n) is 2.79. The zero-order chi connectivity index (χ0) is 19.8. The van der Waals surface area contributed by atoms with Crippen LogP contribution in [0.1, 0.15) is 20.8 Å². The number of nitrogens with zero attached hydrogens (tertiary/aromatic N) is 2. The number of carbonyl (C=O) groups excluding carboxylic acids is 1. The Labute approximate surface area is 155 Å². The van der Waals surface area contributed by atoms with Gasteiger partial charge in [0.15, 0.2) is 17.9 Å². The number of rotatable bonds is 4. The van der Waals surface area contributed by atoms with Gasteiger partial charge in [0.25, 0.3) is 5.52 Å². The molecular weight excluding hydrogens is 352 g/mol. The molecule has 3 rings (SSSR count). The minimum atomic E-state index is -0.650. The molecule has 0 atom stereocenters. The number of aromatic nitrogens is 2. The highest BCUT2D eigenvalue weighted by atomic mass is 16.6. The van der Waals surface area contributed by atoms with Crippen molar-refractivity contribution in [3.05, 3.63) is 46.5 Å². The van der Waals surface area contributed by atoms with Crippen LogP contribution in [-0.2, 0) is 9.53 Å². The summed E-state index contributed by atoms with van der Waals surface area (Å²) in [5, 5.41) is 12.8. The highest BCUT2D eigenvalue weighted by Crippen LogP contribution is 2.29. The molecule has 8 heteroatoms. The third-order valence-electron chi connectivity index (χ3n) is 3.78. The Balaban J connectivity index is 2.11. The molecule has 0 saturated carbocycles. The summed E-state index contributed by atoms with van der Waals surface area (Å²) in [6.45, 7) is 4.85. The quantitative estimate of drug-likeness (QED) is 0.397. The van der Waals surface area contributed by atoms with E-state index < -0.39 is 11.6 Å². The van der Waals surface area contributed by atoms with Crippen molar-refractivity contribution in [1.82, 2.24) is 4.73 Å². The third kappa shape index (κ3) is 3.51. The van der Waals surface area contributed by atoms with Gasteiger partial charge in [-0.05, 0) is 39.0 Å². The Morgan fingerprint density at radius 2 is 1.81 bits per heavy atom. The molecule has 0 fully saturated rings. The summed E-state index contributed by atoms with van der Waals surface area (Å²) in [5.41, 5.74) is -0.278. The summed E-state index contributed by atoms with van der Waals surface area (Å²) in [7, 11) is 1.43. The zero-order valence-corrected chi connectivity index (χ0v) is 15.5. The standard InChI is InChI=1S/C19H20N2O6/c1-19(2,3)27-16(22)11-26-15-10-6-8-13-18(15)21(24)12-7-5-9-14(25-4)17(12)20(13)23/h5-10H,11H2,1-4H3. The van der Waals surface area contributed by atoms with Crippen LogP contribution in [0.5, 0.6) is 11.5 Å². The molecule has 27 heavy (non-hydrogen) atoms. The zero-order valence-electron chi connectivity index (χ0n) is 15.5. The highest BCUT2D eigenvalue weighted by molar-refractivity contribution is 5.89. The first-order chi connectivity index (χ1) is 12.7. The summed E-state index contributed by atoms with van der Waals surface area (Å²) >= 11 is 0. The number of esters is 1. The number of fused-ring (bicyclic) bond motifs is 2. The van der Waals surface area contributed by atoms with Crippen molar-refractivity contribution in [3.8, 4) is 11.5 Å². The molecule has 1 aromatic heterocycles. The highest BCUT2D eigenvalue weighted by Gasteiger charge is 2.23. The molecule has 0 aliphatic rings. The van der Waals surface area contributed by atoms with Crippen LogP contribution in [0.3, 0.4) is 0 Å². The number of para-hydroxylation sites is 2. The number of ether oxygens (including phenoxy) is 3. The van der Waals surface area contributed by atoms with Crippen molar-refractivity contribution >= 4 is 28.0 Å². The van der Waals surface area contributed by atoms with Crippen molar-refractivity contribution in [2.75, 3.05) is 13.7 Å². The van der Waals surface area contributed by atoms with E-state index in [4.69, 9.17) is 14.2 Å². The molecule has 0 unspecified atom stereocenters. The maximum Gasteiger partial charge on any atom is 0.344 e. The first kappa shape index (κ1) is 18.5. The summed E-state index contributed by atoms with van der Waals surface area (Å²) < 4.78 is 17.1.